The maximum absolute atomic E-state index is 12.4. The minimum absolute atomic E-state index is 0.00120. The number of ketones is 1. The molecule has 0 aliphatic carbocycles. The summed E-state index contributed by atoms with van der Waals surface area (Å²) in [4.78, 5) is 16.4. The fourth-order valence-electron chi connectivity index (χ4n) is 1.94. The smallest absolute Gasteiger partial charge is 0.198 e. The summed E-state index contributed by atoms with van der Waals surface area (Å²) in [5.74, 6) is -0.00120. The third-order valence-corrected chi connectivity index (χ3v) is 3.02. The van der Waals surface area contributed by atoms with Gasteiger partial charge in [0.15, 0.2) is 5.78 Å². The van der Waals surface area contributed by atoms with E-state index in [0.717, 1.165) is 17.0 Å². The van der Waals surface area contributed by atoms with E-state index >= 15 is 0 Å². The molecule has 2 heterocycles. The first kappa shape index (κ1) is 11.5. The molecule has 0 aliphatic heterocycles. The Labute approximate surface area is 100 Å². The molecular weight excluding hydrogens is 214 g/mol. The van der Waals surface area contributed by atoms with Crippen LogP contribution in [0.25, 0.3) is 0 Å². The predicted octanol–water partition coefficient (Wildman–Crippen LogP) is 1.97. The second-order valence-corrected chi connectivity index (χ2v) is 4.19. The molecule has 88 valence electrons. The minimum Gasteiger partial charge on any atom is -0.288 e. The van der Waals surface area contributed by atoms with E-state index in [0.29, 0.717) is 11.1 Å². The quantitative estimate of drug-likeness (QED) is 0.740. The van der Waals surface area contributed by atoms with Crippen LogP contribution in [-0.2, 0) is 7.05 Å². The van der Waals surface area contributed by atoms with Crippen LogP contribution in [0, 0.1) is 20.8 Å². The largest absolute Gasteiger partial charge is 0.288 e. The fraction of sp³-hybridized carbons (Fsp3) is 0.308. The van der Waals surface area contributed by atoms with E-state index in [9.17, 15) is 4.79 Å². The minimum atomic E-state index is -0.00120. The van der Waals surface area contributed by atoms with Crippen LogP contribution in [0.3, 0.4) is 0 Å². The topological polar surface area (TPSA) is 47.8 Å². The van der Waals surface area contributed by atoms with E-state index in [-0.39, 0.29) is 5.78 Å². The lowest BCUT2D eigenvalue weighted by molar-refractivity contribution is 0.103. The SMILES string of the molecule is Cc1ccncc1C(=O)c1c(C)nn(C)c1C. The Kier molecular flexibility index (Phi) is 2.79. The van der Waals surface area contributed by atoms with Gasteiger partial charge in [0.1, 0.15) is 0 Å². The number of hydrogen-bond acceptors (Lipinski definition) is 3. The van der Waals surface area contributed by atoms with Crippen LogP contribution in [0.15, 0.2) is 18.5 Å². The molecule has 2 rings (SSSR count). The second kappa shape index (κ2) is 4.13. The van der Waals surface area contributed by atoms with Crippen molar-refractivity contribution in [1.82, 2.24) is 14.8 Å². The lowest BCUT2D eigenvalue weighted by Gasteiger charge is -2.04. The van der Waals surface area contributed by atoms with Crippen LogP contribution < -0.4 is 0 Å². The van der Waals surface area contributed by atoms with Crippen molar-refractivity contribution < 1.29 is 4.79 Å². The number of carbonyl (C=O) groups excluding carboxylic acids is 1. The number of carbonyl (C=O) groups is 1. The summed E-state index contributed by atoms with van der Waals surface area (Å²) in [6, 6.07) is 1.84. The molecule has 17 heavy (non-hydrogen) atoms. The van der Waals surface area contributed by atoms with Crippen molar-refractivity contribution >= 4 is 5.78 Å². The molecule has 0 bridgehead atoms. The van der Waals surface area contributed by atoms with Gasteiger partial charge in [-0.1, -0.05) is 0 Å². The second-order valence-electron chi connectivity index (χ2n) is 4.19. The molecule has 4 heteroatoms. The summed E-state index contributed by atoms with van der Waals surface area (Å²) in [5, 5.41) is 4.26. The number of aryl methyl sites for hydroxylation is 3. The van der Waals surface area contributed by atoms with Gasteiger partial charge in [0.25, 0.3) is 0 Å². The zero-order valence-electron chi connectivity index (χ0n) is 10.5. The van der Waals surface area contributed by atoms with Crippen molar-refractivity contribution in [2.24, 2.45) is 7.05 Å². The van der Waals surface area contributed by atoms with Gasteiger partial charge in [0.05, 0.1) is 11.3 Å². The van der Waals surface area contributed by atoms with Crippen LogP contribution in [0.2, 0.25) is 0 Å². The molecule has 4 nitrogen and oxygen atoms in total. The lowest BCUT2D eigenvalue weighted by Crippen LogP contribution is -2.07. The van der Waals surface area contributed by atoms with Gasteiger partial charge in [-0.25, -0.2) is 0 Å². The Bertz CT molecular complexity index is 584. The lowest BCUT2D eigenvalue weighted by atomic mass is 10.00. The maximum Gasteiger partial charge on any atom is 0.198 e. The summed E-state index contributed by atoms with van der Waals surface area (Å²) >= 11 is 0. The summed E-state index contributed by atoms with van der Waals surface area (Å²) in [6.45, 7) is 5.67. The first-order chi connectivity index (χ1) is 8.02. The average molecular weight is 229 g/mol. The van der Waals surface area contributed by atoms with E-state index in [2.05, 4.69) is 10.1 Å². The van der Waals surface area contributed by atoms with Crippen molar-refractivity contribution in [2.75, 3.05) is 0 Å². The highest BCUT2D eigenvalue weighted by molar-refractivity contribution is 6.11. The Hall–Kier alpha value is -1.97. The van der Waals surface area contributed by atoms with Gasteiger partial charge in [-0.3, -0.25) is 14.5 Å². The van der Waals surface area contributed by atoms with Crippen molar-refractivity contribution in [1.29, 1.82) is 0 Å². The molecule has 0 saturated carbocycles. The molecule has 0 aliphatic rings. The zero-order valence-corrected chi connectivity index (χ0v) is 10.5. The molecule has 0 saturated heterocycles. The monoisotopic (exact) mass is 229 g/mol. The van der Waals surface area contributed by atoms with E-state index in [1.807, 2.05) is 33.9 Å². The molecule has 0 radical (unpaired) electrons. The summed E-state index contributed by atoms with van der Waals surface area (Å²) in [7, 11) is 1.84. The van der Waals surface area contributed by atoms with E-state index < -0.39 is 0 Å². The standard InChI is InChI=1S/C13H15N3O/c1-8-5-6-14-7-11(8)13(17)12-9(2)15-16(4)10(12)3/h5-7H,1-4H3. The molecule has 0 unspecified atom stereocenters. The molecular formula is C13H15N3O. The zero-order chi connectivity index (χ0) is 12.6. The van der Waals surface area contributed by atoms with Gasteiger partial charge in [0, 0.05) is 30.7 Å². The van der Waals surface area contributed by atoms with Crippen LogP contribution in [0.1, 0.15) is 32.9 Å². The molecule has 0 spiro atoms. The normalized spacial score (nSPS) is 10.6. The highest BCUT2D eigenvalue weighted by atomic mass is 16.1. The van der Waals surface area contributed by atoms with Gasteiger partial charge >= 0.3 is 0 Å². The molecule has 0 N–H and O–H groups in total. The van der Waals surface area contributed by atoms with E-state index in [1.54, 1.807) is 17.1 Å². The third-order valence-electron chi connectivity index (χ3n) is 3.02. The van der Waals surface area contributed by atoms with Crippen molar-refractivity contribution in [3.05, 3.63) is 46.5 Å². The number of nitrogens with zero attached hydrogens (tertiary/aromatic N) is 3. The van der Waals surface area contributed by atoms with Gasteiger partial charge in [0.2, 0.25) is 0 Å². The number of pyridine rings is 1. The summed E-state index contributed by atoms with van der Waals surface area (Å²) in [6.07, 6.45) is 3.30. The first-order valence-corrected chi connectivity index (χ1v) is 5.48. The van der Waals surface area contributed by atoms with Gasteiger partial charge in [-0.15, -0.1) is 0 Å². The molecule has 2 aromatic heterocycles. The van der Waals surface area contributed by atoms with Gasteiger partial charge in [-0.2, -0.15) is 5.10 Å². The Morgan fingerprint density at radius 1 is 1.29 bits per heavy atom. The average Bonchev–Trinajstić information content (AvgIpc) is 2.53. The maximum atomic E-state index is 12.4. The highest BCUT2D eigenvalue weighted by Gasteiger charge is 2.20. The van der Waals surface area contributed by atoms with Crippen LogP contribution >= 0.6 is 0 Å². The number of rotatable bonds is 2. The Morgan fingerprint density at radius 3 is 2.53 bits per heavy atom. The van der Waals surface area contributed by atoms with Crippen LogP contribution in [0.5, 0.6) is 0 Å². The molecule has 0 atom stereocenters. The third kappa shape index (κ3) is 1.86. The summed E-state index contributed by atoms with van der Waals surface area (Å²) in [5.41, 5.74) is 3.91. The van der Waals surface area contributed by atoms with Crippen LogP contribution in [0.4, 0.5) is 0 Å². The van der Waals surface area contributed by atoms with Crippen LogP contribution in [-0.4, -0.2) is 20.5 Å². The van der Waals surface area contributed by atoms with Crippen molar-refractivity contribution in [3.63, 3.8) is 0 Å². The number of aromatic nitrogens is 3. The summed E-state index contributed by atoms with van der Waals surface area (Å²) < 4.78 is 1.73. The van der Waals surface area contributed by atoms with Gasteiger partial charge < -0.3 is 0 Å². The Morgan fingerprint density at radius 2 is 2.00 bits per heavy atom. The van der Waals surface area contributed by atoms with E-state index in [4.69, 9.17) is 0 Å². The van der Waals surface area contributed by atoms with Gasteiger partial charge in [-0.05, 0) is 32.4 Å². The molecule has 0 fully saturated rings. The molecule has 0 aromatic carbocycles. The number of hydrogen-bond donors (Lipinski definition) is 0. The fourth-order valence-corrected chi connectivity index (χ4v) is 1.94. The van der Waals surface area contributed by atoms with E-state index in [1.165, 1.54) is 0 Å². The molecule has 2 aromatic rings. The van der Waals surface area contributed by atoms with Crippen molar-refractivity contribution in [3.8, 4) is 0 Å². The van der Waals surface area contributed by atoms with Crippen molar-refractivity contribution in [2.45, 2.75) is 20.8 Å². The highest BCUT2D eigenvalue weighted by Crippen LogP contribution is 2.18. The first-order valence-electron chi connectivity index (χ1n) is 5.48. The predicted molar refractivity (Wildman–Crippen MR) is 65.1 cm³/mol. The molecule has 0 amide bonds. The Balaban J connectivity index is 2.55.